The molecule has 1 N–H and O–H groups in total. The third-order valence-corrected chi connectivity index (χ3v) is 7.17. The maximum atomic E-state index is 9.26. The van der Waals surface area contributed by atoms with E-state index in [0.717, 1.165) is 11.4 Å². The summed E-state index contributed by atoms with van der Waals surface area (Å²) in [7, 11) is 0. The Bertz CT molecular complexity index is 1610. The predicted molar refractivity (Wildman–Crippen MR) is 135 cm³/mol. The van der Waals surface area contributed by atoms with E-state index >= 15 is 0 Å². The van der Waals surface area contributed by atoms with Crippen LogP contribution in [-0.2, 0) is 5.41 Å². The second-order valence-corrected chi connectivity index (χ2v) is 8.84. The highest BCUT2D eigenvalue weighted by molar-refractivity contribution is 5.95. The van der Waals surface area contributed by atoms with Crippen molar-refractivity contribution in [2.75, 3.05) is 5.32 Å². The quantitative estimate of drug-likeness (QED) is 0.318. The molecule has 1 spiro atoms. The van der Waals surface area contributed by atoms with Crippen molar-refractivity contribution in [3.05, 3.63) is 137 Å². The van der Waals surface area contributed by atoms with Gasteiger partial charge in [0.25, 0.3) is 0 Å². The van der Waals surface area contributed by atoms with Gasteiger partial charge in [0.1, 0.15) is 0 Å². The standard InChI is InChI=1S/C31H19N3/c32-18-20-6-5-7-21(16-20)34-22-12-13-29-25(17-22)26-19-33-15-14-30(26)31(29)27-10-3-1-8-23(27)24-9-2-4-11-28(24)31/h1-17,19,34H. The molecule has 0 saturated heterocycles. The van der Waals surface area contributed by atoms with Gasteiger partial charge < -0.3 is 5.32 Å². The highest BCUT2D eigenvalue weighted by Gasteiger charge is 2.51. The van der Waals surface area contributed by atoms with Crippen LogP contribution >= 0.6 is 0 Å². The number of hydrogen-bond acceptors (Lipinski definition) is 3. The molecule has 0 radical (unpaired) electrons. The molecule has 2 aliphatic carbocycles. The number of nitriles is 1. The molecular weight excluding hydrogens is 414 g/mol. The van der Waals surface area contributed by atoms with Gasteiger partial charge in [0, 0.05) is 29.3 Å². The fourth-order valence-corrected chi connectivity index (χ4v) is 5.90. The minimum absolute atomic E-state index is 0.347. The monoisotopic (exact) mass is 433 g/mol. The van der Waals surface area contributed by atoms with Crippen molar-refractivity contribution in [3.63, 3.8) is 0 Å². The van der Waals surface area contributed by atoms with Gasteiger partial charge in [-0.15, -0.1) is 0 Å². The van der Waals surface area contributed by atoms with Crippen LogP contribution in [0.1, 0.15) is 27.8 Å². The number of benzene rings is 4. The van der Waals surface area contributed by atoms with E-state index in [-0.39, 0.29) is 5.41 Å². The number of rotatable bonds is 2. The summed E-state index contributed by atoms with van der Waals surface area (Å²) in [5.41, 5.74) is 12.3. The minimum Gasteiger partial charge on any atom is -0.355 e. The van der Waals surface area contributed by atoms with Crippen LogP contribution in [0, 0.1) is 11.3 Å². The smallest absolute Gasteiger partial charge is 0.0992 e. The van der Waals surface area contributed by atoms with Crippen molar-refractivity contribution in [1.29, 1.82) is 5.26 Å². The Labute approximate surface area is 198 Å². The zero-order valence-corrected chi connectivity index (χ0v) is 18.3. The summed E-state index contributed by atoms with van der Waals surface area (Å²) in [6.45, 7) is 0. The molecule has 3 heteroatoms. The highest BCUT2D eigenvalue weighted by atomic mass is 14.9. The number of pyridine rings is 1. The van der Waals surface area contributed by atoms with E-state index < -0.39 is 0 Å². The lowest BCUT2D eigenvalue weighted by Gasteiger charge is -2.30. The van der Waals surface area contributed by atoms with Crippen molar-refractivity contribution in [1.82, 2.24) is 4.98 Å². The maximum Gasteiger partial charge on any atom is 0.0992 e. The molecule has 7 rings (SSSR count). The van der Waals surface area contributed by atoms with Crippen molar-refractivity contribution >= 4 is 11.4 Å². The molecule has 4 aromatic carbocycles. The summed E-state index contributed by atoms with van der Waals surface area (Å²) < 4.78 is 0. The van der Waals surface area contributed by atoms with Crippen LogP contribution in [0.3, 0.4) is 0 Å². The molecule has 5 aromatic rings. The van der Waals surface area contributed by atoms with Crippen LogP contribution in [0.25, 0.3) is 22.3 Å². The average Bonchev–Trinajstić information content (AvgIpc) is 3.36. The van der Waals surface area contributed by atoms with Gasteiger partial charge in [-0.2, -0.15) is 5.26 Å². The van der Waals surface area contributed by atoms with Crippen molar-refractivity contribution < 1.29 is 0 Å². The first kappa shape index (κ1) is 18.8. The number of fused-ring (bicyclic) bond motifs is 10. The van der Waals surface area contributed by atoms with Gasteiger partial charge in [-0.05, 0) is 75.3 Å². The summed E-state index contributed by atoms with van der Waals surface area (Å²) in [5, 5.41) is 12.7. The van der Waals surface area contributed by atoms with Crippen LogP contribution in [-0.4, -0.2) is 4.98 Å². The fraction of sp³-hybridized carbons (Fsp3) is 0.0323. The topological polar surface area (TPSA) is 48.7 Å². The second-order valence-electron chi connectivity index (χ2n) is 8.84. The number of anilines is 2. The van der Waals surface area contributed by atoms with E-state index in [1.807, 2.05) is 36.7 Å². The summed E-state index contributed by atoms with van der Waals surface area (Å²) in [6.07, 6.45) is 3.90. The van der Waals surface area contributed by atoms with Crippen LogP contribution in [0.5, 0.6) is 0 Å². The molecule has 0 amide bonds. The Morgan fingerprint density at radius 2 is 1.29 bits per heavy atom. The molecule has 0 unspecified atom stereocenters. The summed E-state index contributed by atoms with van der Waals surface area (Å²) in [4.78, 5) is 4.50. The summed E-state index contributed by atoms with van der Waals surface area (Å²) in [5.74, 6) is 0. The number of nitrogens with zero attached hydrogens (tertiary/aromatic N) is 2. The molecule has 3 nitrogen and oxygen atoms in total. The zero-order valence-electron chi connectivity index (χ0n) is 18.3. The predicted octanol–water partition coefficient (Wildman–Crippen LogP) is 7.04. The highest BCUT2D eigenvalue weighted by Crippen LogP contribution is 2.62. The summed E-state index contributed by atoms with van der Waals surface area (Å²) >= 11 is 0. The molecular formula is C31H19N3. The molecule has 0 fully saturated rings. The number of aromatic nitrogens is 1. The Morgan fingerprint density at radius 1 is 0.618 bits per heavy atom. The minimum atomic E-state index is -0.347. The van der Waals surface area contributed by atoms with Gasteiger partial charge in [0.2, 0.25) is 0 Å². The van der Waals surface area contributed by atoms with Gasteiger partial charge in [-0.1, -0.05) is 60.7 Å². The Hall–Kier alpha value is -4.68. The molecule has 1 aromatic heterocycles. The Morgan fingerprint density at radius 3 is 2.06 bits per heavy atom. The Balaban J connectivity index is 1.48. The Kier molecular flexibility index (Phi) is 3.83. The third kappa shape index (κ3) is 2.37. The lowest BCUT2D eigenvalue weighted by Crippen LogP contribution is -2.25. The van der Waals surface area contributed by atoms with Crippen LogP contribution in [0.15, 0.2) is 109 Å². The fourth-order valence-electron chi connectivity index (χ4n) is 5.90. The molecule has 2 aliphatic rings. The lowest BCUT2D eigenvalue weighted by molar-refractivity contribution is 0.792. The van der Waals surface area contributed by atoms with Gasteiger partial charge in [0.15, 0.2) is 0 Å². The van der Waals surface area contributed by atoms with Crippen LogP contribution in [0.2, 0.25) is 0 Å². The van der Waals surface area contributed by atoms with E-state index in [0.29, 0.717) is 5.56 Å². The molecule has 158 valence electrons. The van der Waals surface area contributed by atoms with Gasteiger partial charge in [-0.3, -0.25) is 4.98 Å². The van der Waals surface area contributed by atoms with Gasteiger partial charge in [-0.25, -0.2) is 0 Å². The van der Waals surface area contributed by atoms with Crippen LogP contribution < -0.4 is 5.32 Å². The largest absolute Gasteiger partial charge is 0.355 e. The first-order chi connectivity index (χ1) is 16.8. The molecule has 0 bridgehead atoms. The van der Waals surface area contributed by atoms with Crippen molar-refractivity contribution in [3.8, 4) is 28.3 Å². The van der Waals surface area contributed by atoms with Gasteiger partial charge >= 0.3 is 0 Å². The molecule has 0 atom stereocenters. The van der Waals surface area contributed by atoms with Crippen molar-refractivity contribution in [2.24, 2.45) is 0 Å². The molecule has 1 heterocycles. The van der Waals surface area contributed by atoms with Crippen LogP contribution in [0.4, 0.5) is 11.4 Å². The zero-order chi connectivity index (χ0) is 22.7. The SMILES string of the molecule is N#Cc1cccc(Nc2ccc3c(c2)-c2cnccc2C32c3ccccc3-c3ccccc32)c1. The second kappa shape index (κ2) is 6.91. The first-order valence-electron chi connectivity index (χ1n) is 11.4. The normalized spacial score (nSPS) is 13.5. The van der Waals surface area contributed by atoms with E-state index in [1.54, 1.807) is 0 Å². The van der Waals surface area contributed by atoms with E-state index in [9.17, 15) is 5.26 Å². The van der Waals surface area contributed by atoms with E-state index in [1.165, 1.54) is 44.5 Å². The lowest BCUT2D eigenvalue weighted by atomic mass is 9.71. The molecule has 34 heavy (non-hydrogen) atoms. The van der Waals surface area contributed by atoms with Crippen molar-refractivity contribution in [2.45, 2.75) is 5.41 Å². The molecule has 0 saturated carbocycles. The summed E-state index contributed by atoms with van der Waals surface area (Å²) in [6, 6.07) is 36.1. The number of hydrogen-bond donors (Lipinski definition) is 1. The van der Waals surface area contributed by atoms with E-state index in [4.69, 9.17) is 0 Å². The maximum absolute atomic E-state index is 9.26. The third-order valence-electron chi connectivity index (χ3n) is 7.17. The van der Waals surface area contributed by atoms with Gasteiger partial charge in [0.05, 0.1) is 17.0 Å². The first-order valence-corrected chi connectivity index (χ1v) is 11.4. The molecule has 0 aliphatic heterocycles. The van der Waals surface area contributed by atoms with E-state index in [2.05, 4.69) is 89.2 Å². The number of nitrogens with one attached hydrogen (secondary N) is 1. The average molecular weight is 434 g/mol.